The van der Waals surface area contributed by atoms with Gasteiger partial charge in [0.2, 0.25) is 11.8 Å². The lowest BCUT2D eigenvalue weighted by Gasteiger charge is -2.28. The number of carbonyl (C=O) groups excluding carboxylic acids is 2. The summed E-state index contributed by atoms with van der Waals surface area (Å²) in [6, 6.07) is 9.74. The Morgan fingerprint density at radius 2 is 1.85 bits per heavy atom. The zero-order valence-electron chi connectivity index (χ0n) is 15.0. The van der Waals surface area contributed by atoms with Crippen molar-refractivity contribution in [2.75, 3.05) is 19.6 Å². The third-order valence-corrected chi connectivity index (χ3v) is 6.28. The molecule has 3 fully saturated rings. The van der Waals surface area contributed by atoms with E-state index in [9.17, 15) is 9.59 Å². The Bertz CT molecular complexity index is 654. The Kier molecular flexibility index (Phi) is 5.88. The molecule has 2 saturated heterocycles. The molecular weight excluding hydrogens is 350 g/mol. The lowest BCUT2D eigenvalue weighted by atomic mass is 9.98. The lowest BCUT2D eigenvalue weighted by Crippen LogP contribution is -2.48. The first-order chi connectivity index (χ1) is 12.1. The first kappa shape index (κ1) is 19.2. The summed E-state index contributed by atoms with van der Waals surface area (Å²) in [7, 11) is 0. The van der Waals surface area contributed by atoms with Crippen LogP contribution in [0.1, 0.15) is 31.2 Å². The van der Waals surface area contributed by atoms with Gasteiger partial charge in [-0.3, -0.25) is 9.59 Å². The molecule has 2 N–H and O–H groups in total. The lowest BCUT2D eigenvalue weighted by molar-refractivity contribution is -0.143. The van der Waals surface area contributed by atoms with E-state index in [-0.39, 0.29) is 36.3 Å². The number of hydrogen-bond acceptors (Lipinski definition) is 3. The van der Waals surface area contributed by atoms with Gasteiger partial charge >= 0.3 is 0 Å². The number of halogens is 1. The molecule has 0 bridgehead atoms. The van der Waals surface area contributed by atoms with Crippen molar-refractivity contribution in [3.05, 3.63) is 35.9 Å². The molecule has 1 aromatic rings. The number of amides is 2. The van der Waals surface area contributed by atoms with Crippen LogP contribution in [0.4, 0.5) is 0 Å². The summed E-state index contributed by atoms with van der Waals surface area (Å²) in [6.07, 6.45) is 4.30. The van der Waals surface area contributed by atoms with Crippen molar-refractivity contribution in [1.29, 1.82) is 0 Å². The zero-order valence-corrected chi connectivity index (χ0v) is 15.9. The van der Waals surface area contributed by atoms with E-state index in [2.05, 4.69) is 0 Å². The van der Waals surface area contributed by atoms with E-state index < -0.39 is 0 Å². The van der Waals surface area contributed by atoms with E-state index in [1.54, 1.807) is 0 Å². The smallest absolute Gasteiger partial charge is 0.245 e. The SMILES string of the molecule is Cl.NC1CCC2CN(C(=O)C3CCCN3C(=O)Cc3ccccc3)CC12. The van der Waals surface area contributed by atoms with Crippen molar-refractivity contribution < 1.29 is 9.59 Å². The highest BCUT2D eigenvalue weighted by Crippen LogP contribution is 2.38. The second-order valence-electron chi connectivity index (χ2n) is 7.82. The predicted octanol–water partition coefficient (Wildman–Crippen LogP) is 1.84. The highest BCUT2D eigenvalue weighted by Gasteiger charge is 2.45. The van der Waals surface area contributed by atoms with Gasteiger partial charge in [0.15, 0.2) is 0 Å². The number of nitrogens with zero attached hydrogens (tertiary/aromatic N) is 2. The highest BCUT2D eigenvalue weighted by atomic mass is 35.5. The summed E-state index contributed by atoms with van der Waals surface area (Å²) < 4.78 is 0. The first-order valence-electron chi connectivity index (χ1n) is 9.51. The summed E-state index contributed by atoms with van der Waals surface area (Å²) in [5, 5.41) is 0. The van der Waals surface area contributed by atoms with Gasteiger partial charge in [-0.25, -0.2) is 0 Å². The first-order valence-corrected chi connectivity index (χ1v) is 9.51. The van der Waals surface area contributed by atoms with Gasteiger partial charge in [0.25, 0.3) is 0 Å². The van der Waals surface area contributed by atoms with Gasteiger partial charge in [-0.1, -0.05) is 30.3 Å². The molecule has 1 aromatic carbocycles. The van der Waals surface area contributed by atoms with Crippen LogP contribution in [0.25, 0.3) is 0 Å². The van der Waals surface area contributed by atoms with E-state index >= 15 is 0 Å². The highest BCUT2D eigenvalue weighted by molar-refractivity contribution is 5.89. The number of nitrogens with two attached hydrogens (primary N) is 1. The number of carbonyl (C=O) groups is 2. The average molecular weight is 378 g/mol. The normalized spacial score (nSPS) is 30.2. The van der Waals surface area contributed by atoms with Crippen molar-refractivity contribution in [2.45, 2.75) is 44.2 Å². The Balaban J connectivity index is 0.00000196. The molecule has 2 amide bonds. The predicted molar refractivity (Wildman–Crippen MR) is 103 cm³/mol. The maximum atomic E-state index is 13.0. The monoisotopic (exact) mass is 377 g/mol. The largest absolute Gasteiger partial charge is 0.340 e. The van der Waals surface area contributed by atoms with Gasteiger partial charge in [-0.15, -0.1) is 12.4 Å². The number of benzene rings is 1. The summed E-state index contributed by atoms with van der Waals surface area (Å²) in [5.41, 5.74) is 7.20. The number of hydrogen-bond donors (Lipinski definition) is 1. The molecule has 4 rings (SSSR count). The van der Waals surface area contributed by atoms with E-state index in [1.165, 1.54) is 0 Å². The average Bonchev–Trinajstić information content (AvgIpc) is 3.32. The molecular formula is C20H28ClN3O2. The molecule has 6 heteroatoms. The van der Waals surface area contributed by atoms with E-state index in [0.717, 1.165) is 44.3 Å². The fourth-order valence-electron chi connectivity index (χ4n) is 4.89. The van der Waals surface area contributed by atoms with Crippen LogP contribution in [-0.4, -0.2) is 53.3 Å². The van der Waals surface area contributed by atoms with Crippen LogP contribution in [-0.2, 0) is 16.0 Å². The van der Waals surface area contributed by atoms with Crippen molar-refractivity contribution >= 4 is 24.2 Å². The van der Waals surface area contributed by atoms with Gasteiger partial charge in [-0.05, 0) is 43.1 Å². The molecule has 4 unspecified atom stereocenters. The van der Waals surface area contributed by atoms with E-state index in [0.29, 0.717) is 24.8 Å². The quantitative estimate of drug-likeness (QED) is 0.874. The molecule has 4 atom stereocenters. The van der Waals surface area contributed by atoms with Crippen molar-refractivity contribution in [2.24, 2.45) is 17.6 Å². The molecule has 0 aromatic heterocycles. The van der Waals surface area contributed by atoms with Crippen LogP contribution >= 0.6 is 12.4 Å². The van der Waals surface area contributed by atoms with Crippen LogP contribution in [0.2, 0.25) is 0 Å². The molecule has 2 aliphatic heterocycles. The summed E-state index contributed by atoms with van der Waals surface area (Å²) in [6.45, 7) is 2.30. The van der Waals surface area contributed by atoms with E-state index in [4.69, 9.17) is 5.73 Å². The molecule has 2 heterocycles. The Hall–Kier alpha value is -1.59. The van der Waals surface area contributed by atoms with Crippen molar-refractivity contribution in [1.82, 2.24) is 9.80 Å². The van der Waals surface area contributed by atoms with Crippen LogP contribution in [0.5, 0.6) is 0 Å². The second kappa shape index (κ2) is 7.97. The fraction of sp³-hybridized carbons (Fsp3) is 0.600. The minimum atomic E-state index is -0.272. The minimum absolute atomic E-state index is 0. The minimum Gasteiger partial charge on any atom is -0.340 e. The maximum Gasteiger partial charge on any atom is 0.245 e. The molecule has 142 valence electrons. The maximum absolute atomic E-state index is 13.0. The molecule has 1 saturated carbocycles. The fourth-order valence-corrected chi connectivity index (χ4v) is 4.89. The Morgan fingerprint density at radius 1 is 1.08 bits per heavy atom. The van der Waals surface area contributed by atoms with Gasteiger partial charge in [-0.2, -0.15) is 0 Å². The van der Waals surface area contributed by atoms with Crippen LogP contribution in [0.3, 0.4) is 0 Å². The molecule has 5 nitrogen and oxygen atoms in total. The summed E-state index contributed by atoms with van der Waals surface area (Å²) >= 11 is 0. The number of likely N-dealkylation sites (tertiary alicyclic amines) is 2. The topological polar surface area (TPSA) is 66.6 Å². The summed E-state index contributed by atoms with van der Waals surface area (Å²) in [4.78, 5) is 29.6. The Morgan fingerprint density at radius 3 is 2.58 bits per heavy atom. The Labute approximate surface area is 161 Å². The third-order valence-electron chi connectivity index (χ3n) is 6.28. The standard InChI is InChI=1S/C20H27N3O2.ClH/c21-17-9-8-15-12-22(13-16(15)17)20(25)18-7-4-10-23(18)19(24)11-14-5-2-1-3-6-14;/h1-3,5-6,15-18H,4,7-13,21H2;1H. The molecule has 1 aliphatic carbocycles. The molecule has 0 spiro atoms. The van der Waals surface area contributed by atoms with Gasteiger partial charge in [0.1, 0.15) is 6.04 Å². The molecule has 26 heavy (non-hydrogen) atoms. The molecule has 0 radical (unpaired) electrons. The van der Waals surface area contributed by atoms with Crippen LogP contribution < -0.4 is 5.73 Å². The third kappa shape index (κ3) is 3.60. The summed E-state index contributed by atoms with van der Waals surface area (Å²) in [5.74, 6) is 1.23. The van der Waals surface area contributed by atoms with Crippen LogP contribution in [0, 0.1) is 11.8 Å². The zero-order chi connectivity index (χ0) is 17.4. The van der Waals surface area contributed by atoms with Crippen LogP contribution in [0.15, 0.2) is 30.3 Å². The van der Waals surface area contributed by atoms with Gasteiger partial charge in [0.05, 0.1) is 6.42 Å². The van der Waals surface area contributed by atoms with E-state index in [1.807, 2.05) is 40.1 Å². The molecule has 3 aliphatic rings. The van der Waals surface area contributed by atoms with Crippen molar-refractivity contribution in [3.63, 3.8) is 0 Å². The van der Waals surface area contributed by atoms with Gasteiger partial charge < -0.3 is 15.5 Å². The number of fused-ring (bicyclic) bond motifs is 1. The van der Waals surface area contributed by atoms with Crippen molar-refractivity contribution in [3.8, 4) is 0 Å². The number of rotatable bonds is 3. The van der Waals surface area contributed by atoms with Gasteiger partial charge in [0, 0.05) is 25.7 Å². The second-order valence-corrected chi connectivity index (χ2v) is 7.82.